The normalized spacial score (nSPS) is 16.6. The molecule has 0 saturated carbocycles. The number of rotatable bonds is 4. The van der Waals surface area contributed by atoms with Gasteiger partial charge in [-0.2, -0.15) is 5.10 Å². The number of methoxy groups -OCH3 is 1. The smallest absolute Gasteiger partial charge is 0.144 e. The molecule has 1 fully saturated rings. The Balaban J connectivity index is 1.83. The highest BCUT2D eigenvalue weighted by atomic mass is 16.5. The van der Waals surface area contributed by atoms with Gasteiger partial charge in [0.2, 0.25) is 0 Å². The summed E-state index contributed by atoms with van der Waals surface area (Å²) in [6.07, 6.45) is 3.06. The van der Waals surface area contributed by atoms with Gasteiger partial charge in [-0.15, -0.1) is 0 Å². The van der Waals surface area contributed by atoms with Crippen LogP contribution in [0.25, 0.3) is 5.69 Å². The van der Waals surface area contributed by atoms with E-state index in [4.69, 9.17) is 4.74 Å². The van der Waals surface area contributed by atoms with Gasteiger partial charge in [0.25, 0.3) is 0 Å². The van der Waals surface area contributed by atoms with Gasteiger partial charge in [-0.25, -0.2) is 4.68 Å². The van der Waals surface area contributed by atoms with Gasteiger partial charge in [-0.05, 0) is 37.7 Å². The Hall–Kier alpha value is -1.85. The van der Waals surface area contributed by atoms with Crippen molar-refractivity contribution in [1.29, 1.82) is 0 Å². The second-order valence-electron chi connectivity index (χ2n) is 5.29. The van der Waals surface area contributed by atoms with Crippen molar-refractivity contribution < 1.29 is 4.74 Å². The fraction of sp³-hybridized carbons (Fsp3) is 0.438. The molecule has 0 atom stereocenters. The van der Waals surface area contributed by atoms with Crippen LogP contribution >= 0.6 is 0 Å². The lowest BCUT2D eigenvalue weighted by Crippen LogP contribution is -2.28. The lowest BCUT2D eigenvalue weighted by Gasteiger charge is -2.20. The average Bonchev–Trinajstić information content (AvgIpc) is 2.82. The first kappa shape index (κ1) is 14.1. The fourth-order valence-corrected chi connectivity index (χ4v) is 2.76. The van der Waals surface area contributed by atoms with Crippen LogP contribution in [-0.4, -0.2) is 48.0 Å². The van der Waals surface area contributed by atoms with Crippen LogP contribution in [0.2, 0.25) is 0 Å². The number of hydrogen-bond acceptors (Lipinski definition) is 4. The SMILES string of the molecule is COc1ccccc1-n1nccc1CN1CCCNCC1. The van der Waals surface area contributed by atoms with Crippen LogP contribution in [0.15, 0.2) is 36.5 Å². The van der Waals surface area contributed by atoms with Crippen molar-refractivity contribution in [2.45, 2.75) is 13.0 Å². The van der Waals surface area contributed by atoms with E-state index >= 15 is 0 Å². The second-order valence-corrected chi connectivity index (χ2v) is 5.29. The van der Waals surface area contributed by atoms with Crippen molar-refractivity contribution in [1.82, 2.24) is 20.0 Å². The van der Waals surface area contributed by atoms with Gasteiger partial charge in [-0.3, -0.25) is 4.90 Å². The lowest BCUT2D eigenvalue weighted by atomic mass is 10.2. The largest absolute Gasteiger partial charge is 0.494 e. The molecule has 1 aliphatic heterocycles. The maximum absolute atomic E-state index is 5.45. The Morgan fingerprint density at radius 2 is 2.10 bits per heavy atom. The molecule has 2 aromatic rings. The van der Waals surface area contributed by atoms with E-state index in [9.17, 15) is 0 Å². The van der Waals surface area contributed by atoms with Gasteiger partial charge >= 0.3 is 0 Å². The quantitative estimate of drug-likeness (QED) is 0.928. The van der Waals surface area contributed by atoms with E-state index in [1.807, 2.05) is 35.1 Å². The molecule has 1 saturated heterocycles. The zero-order valence-corrected chi connectivity index (χ0v) is 12.5. The van der Waals surface area contributed by atoms with E-state index in [2.05, 4.69) is 21.4 Å². The molecule has 1 N–H and O–H groups in total. The molecular formula is C16H22N4O. The van der Waals surface area contributed by atoms with Gasteiger partial charge in [0.15, 0.2) is 0 Å². The third kappa shape index (κ3) is 3.25. The predicted octanol–water partition coefficient (Wildman–Crippen LogP) is 1.68. The number of hydrogen-bond donors (Lipinski definition) is 1. The van der Waals surface area contributed by atoms with Crippen LogP contribution in [0.4, 0.5) is 0 Å². The van der Waals surface area contributed by atoms with Crippen LogP contribution in [0.5, 0.6) is 5.75 Å². The second kappa shape index (κ2) is 6.74. The molecule has 5 nitrogen and oxygen atoms in total. The molecule has 0 aliphatic carbocycles. The zero-order chi connectivity index (χ0) is 14.5. The van der Waals surface area contributed by atoms with E-state index < -0.39 is 0 Å². The summed E-state index contributed by atoms with van der Waals surface area (Å²) in [4.78, 5) is 2.48. The molecule has 1 aliphatic rings. The first-order chi connectivity index (χ1) is 10.4. The summed E-state index contributed by atoms with van der Waals surface area (Å²) in [6, 6.07) is 10.1. The van der Waals surface area contributed by atoms with Crippen LogP contribution in [0.1, 0.15) is 12.1 Å². The van der Waals surface area contributed by atoms with E-state index in [1.54, 1.807) is 7.11 Å². The Kier molecular flexibility index (Phi) is 4.52. The minimum Gasteiger partial charge on any atom is -0.494 e. The molecule has 1 aromatic heterocycles. The Labute approximate surface area is 125 Å². The third-order valence-electron chi connectivity index (χ3n) is 3.85. The maximum Gasteiger partial charge on any atom is 0.144 e. The topological polar surface area (TPSA) is 42.3 Å². The number of ether oxygens (including phenoxy) is 1. The summed E-state index contributed by atoms with van der Waals surface area (Å²) in [6.45, 7) is 5.30. The summed E-state index contributed by atoms with van der Waals surface area (Å²) in [5.41, 5.74) is 2.19. The minimum absolute atomic E-state index is 0.847. The summed E-state index contributed by atoms with van der Waals surface area (Å²) < 4.78 is 7.43. The molecule has 21 heavy (non-hydrogen) atoms. The number of benzene rings is 1. The number of nitrogens with zero attached hydrogens (tertiary/aromatic N) is 3. The molecule has 0 unspecified atom stereocenters. The van der Waals surface area contributed by atoms with Crippen LogP contribution in [0, 0.1) is 0 Å². The highest BCUT2D eigenvalue weighted by Gasteiger charge is 2.14. The summed E-state index contributed by atoms with van der Waals surface area (Å²) in [5, 5.41) is 7.92. The van der Waals surface area contributed by atoms with E-state index in [0.29, 0.717) is 0 Å². The molecule has 112 valence electrons. The van der Waals surface area contributed by atoms with Crippen LogP contribution < -0.4 is 10.1 Å². The molecular weight excluding hydrogens is 264 g/mol. The van der Waals surface area contributed by atoms with Gasteiger partial charge < -0.3 is 10.1 Å². The number of para-hydroxylation sites is 2. The van der Waals surface area contributed by atoms with Crippen molar-refractivity contribution in [2.75, 3.05) is 33.3 Å². The highest BCUT2D eigenvalue weighted by molar-refractivity contribution is 5.46. The fourth-order valence-electron chi connectivity index (χ4n) is 2.76. The van der Waals surface area contributed by atoms with Crippen molar-refractivity contribution in [3.8, 4) is 11.4 Å². The van der Waals surface area contributed by atoms with E-state index in [-0.39, 0.29) is 0 Å². The van der Waals surface area contributed by atoms with Gasteiger partial charge in [0.05, 0.1) is 12.8 Å². The van der Waals surface area contributed by atoms with Crippen molar-refractivity contribution in [2.24, 2.45) is 0 Å². The molecule has 0 radical (unpaired) electrons. The standard InChI is InChI=1S/C16H22N4O/c1-21-16-6-3-2-5-15(16)20-14(7-9-18-20)13-19-11-4-8-17-10-12-19/h2-3,5-7,9,17H,4,8,10-13H2,1H3. The molecule has 2 heterocycles. The number of nitrogens with one attached hydrogen (secondary N) is 1. The first-order valence-corrected chi connectivity index (χ1v) is 7.48. The highest BCUT2D eigenvalue weighted by Crippen LogP contribution is 2.23. The molecule has 3 rings (SSSR count). The summed E-state index contributed by atoms with van der Waals surface area (Å²) in [5.74, 6) is 0.847. The van der Waals surface area contributed by atoms with Crippen LogP contribution in [-0.2, 0) is 6.54 Å². The Morgan fingerprint density at radius 1 is 1.19 bits per heavy atom. The van der Waals surface area contributed by atoms with Crippen molar-refractivity contribution in [3.63, 3.8) is 0 Å². The average molecular weight is 286 g/mol. The Bertz CT molecular complexity index is 573. The van der Waals surface area contributed by atoms with Crippen LogP contribution in [0.3, 0.4) is 0 Å². The lowest BCUT2D eigenvalue weighted by molar-refractivity contribution is 0.278. The molecule has 5 heteroatoms. The predicted molar refractivity (Wildman–Crippen MR) is 82.9 cm³/mol. The molecule has 1 aromatic carbocycles. The van der Waals surface area contributed by atoms with Gasteiger partial charge in [0.1, 0.15) is 11.4 Å². The number of aromatic nitrogens is 2. The van der Waals surface area contributed by atoms with E-state index in [0.717, 1.165) is 44.2 Å². The summed E-state index contributed by atoms with van der Waals surface area (Å²) >= 11 is 0. The zero-order valence-electron chi connectivity index (χ0n) is 12.5. The first-order valence-electron chi connectivity index (χ1n) is 7.48. The molecule has 0 amide bonds. The van der Waals surface area contributed by atoms with E-state index in [1.165, 1.54) is 12.1 Å². The van der Waals surface area contributed by atoms with Gasteiger partial charge in [0, 0.05) is 25.8 Å². The minimum atomic E-state index is 0.847. The van der Waals surface area contributed by atoms with Gasteiger partial charge in [-0.1, -0.05) is 12.1 Å². The Morgan fingerprint density at radius 3 is 3.00 bits per heavy atom. The maximum atomic E-state index is 5.45. The van der Waals surface area contributed by atoms with Crippen molar-refractivity contribution in [3.05, 3.63) is 42.2 Å². The molecule has 0 bridgehead atoms. The third-order valence-corrected chi connectivity index (χ3v) is 3.85. The monoisotopic (exact) mass is 286 g/mol. The summed E-state index contributed by atoms with van der Waals surface area (Å²) in [7, 11) is 1.70. The van der Waals surface area contributed by atoms with Crippen molar-refractivity contribution >= 4 is 0 Å². The molecule has 0 spiro atoms.